The zero-order valence-electron chi connectivity index (χ0n) is 13.4. The smallest absolute Gasteiger partial charge is 0.407 e. The van der Waals surface area contributed by atoms with E-state index >= 15 is 0 Å². The average Bonchev–Trinajstić information content (AvgIpc) is 2.79. The SMILES string of the molecule is CCCc1ncncc1C(=O)N1CCC[C@]2(CC1)CNC(=O)O2. The zero-order valence-corrected chi connectivity index (χ0v) is 13.4. The van der Waals surface area contributed by atoms with Crippen LogP contribution in [0.2, 0.25) is 0 Å². The third-order valence-corrected chi connectivity index (χ3v) is 4.56. The van der Waals surface area contributed by atoms with Gasteiger partial charge in [-0.1, -0.05) is 13.3 Å². The minimum absolute atomic E-state index is 0.0246. The first-order chi connectivity index (χ1) is 11.1. The molecule has 0 radical (unpaired) electrons. The summed E-state index contributed by atoms with van der Waals surface area (Å²) in [5, 5.41) is 2.72. The largest absolute Gasteiger partial charge is 0.441 e. The molecule has 2 aliphatic heterocycles. The predicted molar refractivity (Wildman–Crippen MR) is 83.0 cm³/mol. The average molecular weight is 318 g/mol. The molecule has 3 heterocycles. The van der Waals surface area contributed by atoms with Crippen molar-refractivity contribution in [1.29, 1.82) is 0 Å². The molecule has 1 atom stereocenters. The van der Waals surface area contributed by atoms with Gasteiger partial charge in [0.2, 0.25) is 0 Å². The molecule has 1 aromatic heterocycles. The van der Waals surface area contributed by atoms with E-state index in [1.165, 1.54) is 6.33 Å². The summed E-state index contributed by atoms with van der Waals surface area (Å²) in [6, 6.07) is 0. The van der Waals surface area contributed by atoms with E-state index < -0.39 is 5.60 Å². The summed E-state index contributed by atoms with van der Waals surface area (Å²) < 4.78 is 5.45. The lowest BCUT2D eigenvalue weighted by Gasteiger charge is -2.25. The van der Waals surface area contributed by atoms with Gasteiger partial charge in [-0.05, 0) is 19.3 Å². The number of hydrogen-bond donors (Lipinski definition) is 1. The molecule has 23 heavy (non-hydrogen) atoms. The summed E-state index contributed by atoms with van der Waals surface area (Å²) in [5.74, 6) is -0.0246. The Bertz CT molecular complexity index is 607. The summed E-state index contributed by atoms with van der Waals surface area (Å²) in [5.41, 5.74) is 0.943. The van der Waals surface area contributed by atoms with Crippen molar-refractivity contribution in [2.75, 3.05) is 19.6 Å². The third kappa shape index (κ3) is 3.28. The van der Waals surface area contributed by atoms with Gasteiger partial charge in [-0.3, -0.25) is 4.79 Å². The van der Waals surface area contributed by atoms with Crippen molar-refractivity contribution < 1.29 is 14.3 Å². The van der Waals surface area contributed by atoms with Crippen LogP contribution in [0.15, 0.2) is 12.5 Å². The molecule has 2 amide bonds. The highest BCUT2D eigenvalue weighted by atomic mass is 16.6. The van der Waals surface area contributed by atoms with Gasteiger partial charge < -0.3 is 15.0 Å². The molecule has 2 fully saturated rings. The molecule has 124 valence electrons. The van der Waals surface area contributed by atoms with Crippen LogP contribution in [-0.4, -0.2) is 52.1 Å². The van der Waals surface area contributed by atoms with Crippen LogP contribution < -0.4 is 5.32 Å². The molecule has 0 aliphatic carbocycles. The van der Waals surface area contributed by atoms with Crippen LogP contribution in [0.25, 0.3) is 0 Å². The Balaban J connectivity index is 1.72. The number of hydrogen-bond acceptors (Lipinski definition) is 5. The molecular weight excluding hydrogens is 296 g/mol. The molecular formula is C16H22N4O3. The van der Waals surface area contributed by atoms with E-state index in [2.05, 4.69) is 22.2 Å². The summed E-state index contributed by atoms with van der Waals surface area (Å²) >= 11 is 0. The number of nitrogens with zero attached hydrogens (tertiary/aromatic N) is 3. The molecule has 1 spiro atoms. The lowest BCUT2D eigenvalue weighted by atomic mass is 9.95. The molecule has 7 heteroatoms. The molecule has 0 saturated carbocycles. The number of rotatable bonds is 3. The van der Waals surface area contributed by atoms with E-state index in [0.29, 0.717) is 31.6 Å². The maximum atomic E-state index is 12.8. The van der Waals surface area contributed by atoms with Crippen LogP contribution in [-0.2, 0) is 11.2 Å². The van der Waals surface area contributed by atoms with E-state index in [4.69, 9.17) is 4.74 Å². The number of amides is 2. The molecule has 0 unspecified atom stereocenters. The Labute approximate surface area is 135 Å². The first-order valence-electron chi connectivity index (χ1n) is 8.18. The van der Waals surface area contributed by atoms with Gasteiger partial charge in [0.25, 0.3) is 5.91 Å². The highest BCUT2D eigenvalue weighted by Gasteiger charge is 2.42. The van der Waals surface area contributed by atoms with E-state index in [1.54, 1.807) is 6.20 Å². The van der Waals surface area contributed by atoms with Crippen molar-refractivity contribution in [2.24, 2.45) is 0 Å². The first kappa shape index (κ1) is 15.7. The second-order valence-corrected chi connectivity index (χ2v) is 6.20. The lowest BCUT2D eigenvalue weighted by Crippen LogP contribution is -2.37. The first-order valence-corrected chi connectivity index (χ1v) is 8.18. The minimum Gasteiger partial charge on any atom is -0.441 e. The fourth-order valence-corrected chi connectivity index (χ4v) is 3.29. The van der Waals surface area contributed by atoms with Crippen LogP contribution in [0.5, 0.6) is 0 Å². The van der Waals surface area contributed by atoms with Gasteiger partial charge in [0.15, 0.2) is 0 Å². The molecule has 3 rings (SSSR count). The molecule has 7 nitrogen and oxygen atoms in total. The van der Waals surface area contributed by atoms with Crippen molar-refractivity contribution in [3.8, 4) is 0 Å². The number of carbonyl (C=O) groups is 2. The lowest BCUT2D eigenvalue weighted by molar-refractivity contribution is 0.0438. The van der Waals surface area contributed by atoms with E-state index in [9.17, 15) is 9.59 Å². The maximum absolute atomic E-state index is 12.8. The normalized spacial score (nSPS) is 24.2. The second kappa shape index (κ2) is 6.52. The van der Waals surface area contributed by atoms with Gasteiger partial charge in [-0.15, -0.1) is 0 Å². The molecule has 2 aliphatic rings. The topological polar surface area (TPSA) is 84.4 Å². The molecule has 0 bridgehead atoms. The summed E-state index contributed by atoms with van der Waals surface area (Å²) in [6.07, 6.45) is 6.70. The Morgan fingerprint density at radius 3 is 3.04 bits per heavy atom. The maximum Gasteiger partial charge on any atom is 0.407 e. The van der Waals surface area contributed by atoms with Crippen molar-refractivity contribution in [2.45, 2.75) is 44.6 Å². The van der Waals surface area contributed by atoms with Gasteiger partial charge in [0.1, 0.15) is 11.9 Å². The molecule has 2 saturated heterocycles. The zero-order chi connectivity index (χ0) is 16.3. The summed E-state index contributed by atoms with van der Waals surface area (Å²) in [4.78, 5) is 34.3. The quantitative estimate of drug-likeness (QED) is 0.913. The molecule has 1 N–H and O–H groups in total. The van der Waals surface area contributed by atoms with Gasteiger partial charge >= 0.3 is 6.09 Å². The summed E-state index contributed by atoms with van der Waals surface area (Å²) in [6.45, 7) is 3.84. The van der Waals surface area contributed by atoms with Crippen molar-refractivity contribution in [3.05, 3.63) is 23.8 Å². The monoisotopic (exact) mass is 318 g/mol. The predicted octanol–water partition coefficient (Wildman–Crippen LogP) is 1.53. The van der Waals surface area contributed by atoms with Crippen LogP contribution >= 0.6 is 0 Å². The Hall–Kier alpha value is -2.18. The van der Waals surface area contributed by atoms with Gasteiger partial charge in [0.05, 0.1) is 17.8 Å². The third-order valence-electron chi connectivity index (χ3n) is 4.56. The number of carbonyl (C=O) groups excluding carboxylic acids is 2. The van der Waals surface area contributed by atoms with Crippen molar-refractivity contribution >= 4 is 12.0 Å². The van der Waals surface area contributed by atoms with Gasteiger partial charge in [-0.25, -0.2) is 14.8 Å². The van der Waals surface area contributed by atoms with Crippen LogP contribution in [0, 0.1) is 0 Å². The van der Waals surface area contributed by atoms with Crippen LogP contribution in [0.1, 0.15) is 48.7 Å². The Morgan fingerprint density at radius 2 is 2.30 bits per heavy atom. The summed E-state index contributed by atoms with van der Waals surface area (Å²) in [7, 11) is 0. The number of aromatic nitrogens is 2. The fourth-order valence-electron chi connectivity index (χ4n) is 3.29. The van der Waals surface area contributed by atoms with E-state index in [1.807, 2.05) is 4.90 Å². The van der Waals surface area contributed by atoms with Gasteiger partial charge in [-0.2, -0.15) is 0 Å². The number of alkyl carbamates (subject to hydrolysis) is 1. The number of nitrogens with one attached hydrogen (secondary N) is 1. The second-order valence-electron chi connectivity index (χ2n) is 6.20. The van der Waals surface area contributed by atoms with Crippen molar-refractivity contribution in [1.82, 2.24) is 20.2 Å². The highest BCUT2D eigenvalue weighted by molar-refractivity contribution is 5.95. The van der Waals surface area contributed by atoms with Crippen LogP contribution in [0.4, 0.5) is 4.79 Å². The van der Waals surface area contributed by atoms with E-state index in [-0.39, 0.29) is 12.0 Å². The standard InChI is InChI=1S/C16H22N4O3/c1-2-4-13-12(9-17-11-19-13)14(21)20-7-3-5-16(6-8-20)10-18-15(22)23-16/h9,11H,2-8,10H2,1H3,(H,18,22)/t16-/m0/s1. The Morgan fingerprint density at radius 1 is 1.43 bits per heavy atom. The van der Waals surface area contributed by atoms with E-state index in [0.717, 1.165) is 31.4 Å². The molecule has 1 aromatic rings. The van der Waals surface area contributed by atoms with Crippen LogP contribution in [0.3, 0.4) is 0 Å². The highest BCUT2D eigenvalue weighted by Crippen LogP contribution is 2.29. The Kier molecular flexibility index (Phi) is 4.45. The molecule has 0 aromatic carbocycles. The van der Waals surface area contributed by atoms with Crippen molar-refractivity contribution in [3.63, 3.8) is 0 Å². The number of ether oxygens (including phenoxy) is 1. The van der Waals surface area contributed by atoms with Gasteiger partial charge in [0, 0.05) is 25.7 Å². The minimum atomic E-state index is -0.453. The number of likely N-dealkylation sites (tertiary alicyclic amines) is 1. The number of aryl methyl sites for hydroxylation is 1. The fraction of sp³-hybridized carbons (Fsp3) is 0.625.